The normalized spacial score (nSPS) is 20.8. The second-order valence-electron chi connectivity index (χ2n) is 3.97. The van der Waals surface area contributed by atoms with Crippen molar-refractivity contribution in [3.8, 4) is 0 Å². The maximum absolute atomic E-state index is 12.1. The van der Waals surface area contributed by atoms with Crippen LogP contribution >= 0.6 is 0 Å². The molecule has 0 aromatic carbocycles. The van der Waals surface area contributed by atoms with Crippen LogP contribution in [0.2, 0.25) is 0 Å². The second-order valence-corrected chi connectivity index (χ2v) is 3.97. The molecule has 1 aliphatic heterocycles. The predicted octanol–water partition coefficient (Wildman–Crippen LogP) is 0.301. The maximum Gasteiger partial charge on any atom is 0.274 e. The molecule has 2 heterocycles. The molecular weight excluding hydrogens is 204 g/mol. The Labute approximate surface area is 94.9 Å². The van der Waals surface area contributed by atoms with Gasteiger partial charge < -0.3 is 10.2 Å². The number of nitrogens with zero attached hydrogens (tertiary/aromatic N) is 3. The Hall–Kier alpha value is -1.49. The van der Waals surface area contributed by atoms with E-state index in [1.807, 2.05) is 11.9 Å². The average molecular weight is 220 g/mol. The molecule has 1 unspecified atom stereocenters. The van der Waals surface area contributed by atoms with Gasteiger partial charge in [0.2, 0.25) is 0 Å². The van der Waals surface area contributed by atoms with Gasteiger partial charge in [-0.2, -0.15) is 0 Å². The molecule has 1 atom stereocenters. The third kappa shape index (κ3) is 2.36. The van der Waals surface area contributed by atoms with Crippen molar-refractivity contribution in [2.75, 3.05) is 20.1 Å². The summed E-state index contributed by atoms with van der Waals surface area (Å²) in [7, 11) is 1.93. The molecule has 0 spiro atoms. The summed E-state index contributed by atoms with van der Waals surface area (Å²) in [4.78, 5) is 21.8. The summed E-state index contributed by atoms with van der Waals surface area (Å²) in [5.41, 5.74) is 0.430. The minimum absolute atomic E-state index is 0.0203. The highest BCUT2D eigenvalue weighted by Crippen LogP contribution is 2.12. The molecule has 1 N–H and O–H groups in total. The van der Waals surface area contributed by atoms with E-state index in [9.17, 15) is 4.79 Å². The molecular formula is C11H16N4O. The van der Waals surface area contributed by atoms with Gasteiger partial charge in [0, 0.05) is 31.5 Å². The van der Waals surface area contributed by atoms with Gasteiger partial charge in [-0.1, -0.05) is 0 Å². The van der Waals surface area contributed by atoms with Crippen LogP contribution in [-0.2, 0) is 0 Å². The fourth-order valence-electron chi connectivity index (χ4n) is 1.97. The zero-order valence-corrected chi connectivity index (χ0v) is 9.39. The van der Waals surface area contributed by atoms with Crippen LogP contribution in [0.3, 0.4) is 0 Å². The summed E-state index contributed by atoms with van der Waals surface area (Å²) in [6.07, 6.45) is 6.81. The highest BCUT2D eigenvalue weighted by atomic mass is 16.2. The van der Waals surface area contributed by atoms with Crippen LogP contribution in [0.25, 0.3) is 0 Å². The fraction of sp³-hybridized carbons (Fsp3) is 0.545. The molecule has 1 amide bonds. The summed E-state index contributed by atoms with van der Waals surface area (Å²) in [5.74, 6) is -0.0203. The van der Waals surface area contributed by atoms with E-state index < -0.39 is 0 Å². The largest absolute Gasteiger partial charge is 0.336 e. The number of carbonyl (C=O) groups is 1. The van der Waals surface area contributed by atoms with E-state index in [0.29, 0.717) is 11.7 Å². The maximum atomic E-state index is 12.1. The molecule has 1 fully saturated rings. The van der Waals surface area contributed by atoms with E-state index in [2.05, 4.69) is 15.3 Å². The first kappa shape index (κ1) is 11.0. The van der Waals surface area contributed by atoms with E-state index >= 15 is 0 Å². The molecule has 86 valence electrons. The van der Waals surface area contributed by atoms with Gasteiger partial charge >= 0.3 is 0 Å². The van der Waals surface area contributed by atoms with Crippen molar-refractivity contribution in [2.45, 2.75) is 18.9 Å². The molecule has 5 nitrogen and oxygen atoms in total. The van der Waals surface area contributed by atoms with Gasteiger partial charge in [-0.15, -0.1) is 0 Å². The van der Waals surface area contributed by atoms with Crippen LogP contribution in [0.4, 0.5) is 0 Å². The van der Waals surface area contributed by atoms with E-state index in [0.717, 1.165) is 25.9 Å². The third-order valence-corrected chi connectivity index (χ3v) is 2.90. The Balaban J connectivity index is 2.05. The molecule has 0 bridgehead atoms. The van der Waals surface area contributed by atoms with Crippen LogP contribution in [0, 0.1) is 0 Å². The van der Waals surface area contributed by atoms with E-state index in [4.69, 9.17) is 0 Å². The molecule has 0 saturated carbocycles. The van der Waals surface area contributed by atoms with E-state index in [-0.39, 0.29) is 5.91 Å². The van der Waals surface area contributed by atoms with Crippen molar-refractivity contribution >= 4 is 5.91 Å². The first-order valence-corrected chi connectivity index (χ1v) is 5.54. The first-order valence-electron chi connectivity index (χ1n) is 5.54. The quantitative estimate of drug-likeness (QED) is 0.779. The van der Waals surface area contributed by atoms with Crippen molar-refractivity contribution in [1.82, 2.24) is 20.2 Å². The highest BCUT2D eigenvalue weighted by molar-refractivity contribution is 5.92. The Kier molecular flexibility index (Phi) is 3.46. The van der Waals surface area contributed by atoms with Crippen molar-refractivity contribution in [2.24, 2.45) is 0 Å². The summed E-state index contributed by atoms with van der Waals surface area (Å²) in [6, 6.07) is 0.398. The number of carbonyl (C=O) groups excluding carboxylic acids is 1. The van der Waals surface area contributed by atoms with Crippen molar-refractivity contribution in [1.29, 1.82) is 0 Å². The number of aromatic nitrogens is 2. The molecule has 2 rings (SSSR count). The molecule has 1 aromatic heterocycles. The number of amides is 1. The lowest BCUT2D eigenvalue weighted by atomic mass is 10.1. The van der Waals surface area contributed by atoms with Crippen LogP contribution in [-0.4, -0.2) is 47.0 Å². The molecule has 1 aromatic rings. The first-order chi connectivity index (χ1) is 7.81. The lowest BCUT2D eigenvalue weighted by Crippen LogP contribution is -2.47. The summed E-state index contributed by atoms with van der Waals surface area (Å²) < 4.78 is 0. The van der Waals surface area contributed by atoms with Gasteiger partial charge in [-0.05, 0) is 19.9 Å². The summed E-state index contributed by atoms with van der Waals surface area (Å²) >= 11 is 0. The van der Waals surface area contributed by atoms with E-state index in [1.54, 1.807) is 12.4 Å². The Morgan fingerprint density at radius 2 is 2.44 bits per heavy atom. The topological polar surface area (TPSA) is 58.1 Å². The smallest absolute Gasteiger partial charge is 0.274 e. The highest BCUT2D eigenvalue weighted by Gasteiger charge is 2.24. The Bertz CT molecular complexity index is 354. The van der Waals surface area contributed by atoms with Gasteiger partial charge in [0.05, 0.1) is 6.20 Å². The standard InChI is InChI=1S/C11H16N4O/c1-12-9-3-2-6-15(8-9)11(16)10-7-13-4-5-14-10/h4-5,7,9,12H,2-3,6,8H2,1H3. The van der Waals surface area contributed by atoms with E-state index in [1.165, 1.54) is 6.20 Å². The molecule has 5 heteroatoms. The van der Waals surface area contributed by atoms with Gasteiger partial charge in [0.1, 0.15) is 5.69 Å². The lowest BCUT2D eigenvalue weighted by molar-refractivity contribution is 0.0691. The lowest BCUT2D eigenvalue weighted by Gasteiger charge is -2.32. The van der Waals surface area contributed by atoms with Gasteiger partial charge in [0.15, 0.2) is 0 Å². The van der Waals surface area contributed by atoms with Crippen molar-refractivity contribution in [3.63, 3.8) is 0 Å². The number of piperidine rings is 1. The Morgan fingerprint density at radius 3 is 3.12 bits per heavy atom. The number of rotatable bonds is 2. The SMILES string of the molecule is CNC1CCCN(C(=O)c2cnccn2)C1. The number of nitrogens with one attached hydrogen (secondary N) is 1. The second kappa shape index (κ2) is 5.03. The predicted molar refractivity (Wildman–Crippen MR) is 60.0 cm³/mol. The average Bonchev–Trinajstić information content (AvgIpc) is 2.39. The zero-order chi connectivity index (χ0) is 11.4. The van der Waals surface area contributed by atoms with Gasteiger partial charge in [-0.25, -0.2) is 4.98 Å². The molecule has 1 saturated heterocycles. The van der Waals surface area contributed by atoms with Crippen molar-refractivity contribution < 1.29 is 4.79 Å². The molecule has 16 heavy (non-hydrogen) atoms. The van der Waals surface area contributed by atoms with Crippen LogP contribution in [0.1, 0.15) is 23.3 Å². The number of likely N-dealkylation sites (tertiary alicyclic amines) is 1. The molecule has 1 aliphatic rings. The molecule has 0 radical (unpaired) electrons. The number of hydrogen-bond acceptors (Lipinski definition) is 4. The zero-order valence-electron chi connectivity index (χ0n) is 9.39. The summed E-state index contributed by atoms with van der Waals surface area (Å²) in [5, 5.41) is 3.21. The fourth-order valence-corrected chi connectivity index (χ4v) is 1.97. The number of hydrogen-bond donors (Lipinski definition) is 1. The van der Waals surface area contributed by atoms with Crippen LogP contribution < -0.4 is 5.32 Å². The summed E-state index contributed by atoms with van der Waals surface area (Å²) in [6.45, 7) is 1.57. The van der Waals surface area contributed by atoms with Crippen molar-refractivity contribution in [3.05, 3.63) is 24.3 Å². The van der Waals surface area contributed by atoms with Gasteiger partial charge in [0.25, 0.3) is 5.91 Å². The minimum Gasteiger partial charge on any atom is -0.336 e. The minimum atomic E-state index is -0.0203. The van der Waals surface area contributed by atoms with Gasteiger partial charge in [-0.3, -0.25) is 9.78 Å². The Morgan fingerprint density at radius 1 is 1.56 bits per heavy atom. The van der Waals surface area contributed by atoms with Crippen LogP contribution in [0.15, 0.2) is 18.6 Å². The monoisotopic (exact) mass is 220 g/mol. The van der Waals surface area contributed by atoms with Crippen LogP contribution in [0.5, 0.6) is 0 Å². The number of likely N-dealkylation sites (N-methyl/N-ethyl adjacent to an activating group) is 1. The molecule has 0 aliphatic carbocycles. The third-order valence-electron chi connectivity index (χ3n) is 2.90.